The summed E-state index contributed by atoms with van der Waals surface area (Å²) in [6, 6.07) is 11.4. The van der Waals surface area contributed by atoms with Gasteiger partial charge in [-0.3, -0.25) is 4.79 Å². The summed E-state index contributed by atoms with van der Waals surface area (Å²) in [5, 5.41) is 0. The summed E-state index contributed by atoms with van der Waals surface area (Å²) >= 11 is 6.69. The number of Topliss-reactive ketones (excluding diaryl/α,β-unsaturated/α-hetero) is 1. The molecule has 0 amide bonds. The molecule has 0 aliphatic rings. The number of ketones is 1. The molecule has 2 rings (SSSR count). The third-order valence-electron chi connectivity index (χ3n) is 2.46. The van der Waals surface area contributed by atoms with Gasteiger partial charge in [0.1, 0.15) is 5.82 Å². The first-order valence-corrected chi connectivity index (χ1v) is 6.87. The van der Waals surface area contributed by atoms with E-state index < -0.39 is 0 Å². The second-order valence-corrected chi connectivity index (χ2v) is 5.72. The van der Waals surface area contributed by atoms with Crippen molar-refractivity contribution in [2.45, 2.75) is 6.42 Å². The Kier molecular flexibility index (Phi) is 4.30. The monoisotopic (exact) mass is 370 g/mol. The van der Waals surface area contributed by atoms with E-state index in [0.717, 1.165) is 14.5 Å². The molecule has 18 heavy (non-hydrogen) atoms. The van der Waals surface area contributed by atoms with Crippen LogP contribution in [0.15, 0.2) is 51.4 Å². The van der Waals surface area contributed by atoms with E-state index in [1.807, 2.05) is 6.07 Å². The molecule has 0 saturated carbocycles. The molecule has 0 aromatic heterocycles. The van der Waals surface area contributed by atoms with Gasteiger partial charge in [-0.2, -0.15) is 0 Å². The Morgan fingerprint density at radius 2 is 1.56 bits per heavy atom. The van der Waals surface area contributed by atoms with Gasteiger partial charge in [0.05, 0.1) is 0 Å². The van der Waals surface area contributed by atoms with Crippen molar-refractivity contribution >= 4 is 37.6 Å². The van der Waals surface area contributed by atoms with Crippen molar-refractivity contribution in [3.63, 3.8) is 0 Å². The second-order valence-electron chi connectivity index (χ2n) is 3.88. The molecule has 0 fully saturated rings. The third-order valence-corrected chi connectivity index (χ3v) is 3.38. The number of hydrogen-bond acceptors (Lipinski definition) is 1. The SMILES string of the molecule is O=C(Cc1ccc(F)cc1)c1cc(Br)cc(Br)c1. The zero-order valence-electron chi connectivity index (χ0n) is 9.29. The normalized spacial score (nSPS) is 10.4. The van der Waals surface area contributed by atoms with Crippen LogP contribution in [0.4, 0.5) is 4.39 Å². The summed E-state index contributed by atoms with van der Waals surface area (Å²) in [5.74, 6) is -0.292. The number of carbonyl (C=O) groups is 1. The molecular formula is C14H9Br2FO. The van der Waals surface area contributed by atoms with Gasteiger partial charge in [-0.05, 0) is 35.9 Å². The van der Waals surface area contributed by atoms with Crippen LogP contribution < -0.4 is 0 Å². The van der Waals surface area contributed by atoms with Crippen LogP contribution in [0.1, 0.15) is 15.9 Å². The van der Waals surface area contributed by atoms with Crippen molar-refractivity contribution in [3.05, 3.63) is 68.4 Å². The summed E-state index contributed by atoms with van der Waals surface area (Å²) in [4.78, 5) is 12.1. The van der Waals surface area contributed by atoms with Crippen molar-refractivity contribution in [2.75, 3.05) is 0 Å². The van der Waals surface area contributed by atoms with Crippen LogP contribution in [-0.2, 0) is 6.42 Å². The third kappa shape index (κ3) is 3.50. The average molecular weight is 372 g/mol. The van der Waals surface area contributed by atoms with E-state index in [1.165, 1.54) is 12.1 Å². The maximum absolute atomic E-state index is 12.8. The van der Waals surface area contributed by atoms with Crippen molar-refractivity contribution in [2.24, 2.45) is 0 Å². The van der Waals surface area contributed by atoms with Crippen LogP contribution in [0.2, 0.25) is 0 Å². The minimum Gasteiger partial charge on any atom is -0.294 e. The summed E-state index contributed by atoms with van der Waals surface area (Å²) in [6.45, 7) is 0. The number of hydrogen-bond donors (Lipinski definition) is 0. The topological polar surface area (TPSA) is 17.1 Å². The van der Waals surface area contributed by atoms with Crippen molar-refractivity contribution < 1.29 is 9.18 Å². The smallest absolute Gasteiger partial charge is 0.167 e. The molecule has 2 aromatic rings. The average Bonchev–Trinajstić information content (AvgIpc) is 2.31. The maximum Gasteiger partial charge on any atom is 0.167 e. The summed E-state index contributed by atoms with van der Waals surface area (Å²) < 4.78 is 14.4. The highest BCUT2D eigenvalue weighted by Gasteiger charge is 2.09. The van der Waals surface area contributed by atoms with Gasteiger partial charge in [-0.25, -0.2) is 4.39 Å². The molecule has 0 atom stereocenters. The molecule has 0 unspecified atom stereocenters. The lowest BCUT2D eigenvalue weighted by atomic mass is 10.0. The largest absolute Gasteiger partial charge is 0.294 e. The highest BCUT2D eigenvalue weighted by Crippen LogP contribution is 2.21. The molecule has 2 aromatic carbocycles. The molecule has 0 heterocycles. The van der Waals surface area contributed by atoms with Crippen LogP contribution in [0.5, 0.6) is 0 Å². The van der Waals surface area contributed by atoms with Crippen molar-refractivity contribution in [1.29, 1.82) is 0 Å². The standard InChI is InChI=1S/C14H9Br2FO/c15-11-6-10(7-12(16)8-11)14(18)5-9-1-3-13(17)4-2-9/h1-4,6-8H,5H2. The van der Waals surface area contributed by atoms with Crippen LogP contribution in [0, 0.1) is 5.82 Å². The molecule has 0 radical (unpaired) electrons. The molecule has 0 aliphatic heterocycles. The van der Waals surface area contributed by atoms with E-state index in [1.54, 1.807) is 24.3 Å². The second kappa shape index (κ2) is 5.76. The van der Waals surface area contributed by atoms with E-state index in [-0.39, 0.29) is 18.0 Å². The molecular weight excluding hydrogens is 363 g/mol. The zero-order chi connectivity index (χ0) is 13.1. The van der Waals surface area contributed by atoms with Gasteiger partial charge >= 0.3 is 0 Å². The molecule has 0 bridgehead atoms. The Morgan fingerprint density at radius 1 is 1.00 bits per heavy atom. The highest BCUT2D eigenvalue weighted by atomic mass is 79.9. The highest BCUT2D eigenvalue weighted by molar-refractivity contribution is 9.11. The van der Waals surface area contributed by atoms with Gasteiger partial charge in [-0.1, -0.05) is 44.0 Å². The number of halogens is 3. The Balaban J connectivity index is 2.19. The van der Waals surface area contributed by atoms with E-state index in [9.17, 15) is 9.18 Å². The molecule has 0 spiro atoms. The molecule has 0 aliphatic carbocycles. The van der Waals surface area contributed by atoms with Gasteiger partial charge in [0.15, 0.2) is 5.78 Å². The first-order chi connectivity index (χ1) is 8.54. The summed E-state index contributed by atoms with van der Waals surface area (Å²) in [7, 11) is 0. The van der Waals surface area contributed by atoms with Crippen LogP contribution >= 0.6 is 31.9 Å². The van der Waals surface area contributed by atoms with E-state index >= 15 is 0 Å². The predicted molar refractivity (Wildman–Crippen MR) is 76.3 cm³/mol. The van der Waals surface area contributed by atoms with Gasteiger partial charge < -0.3 is 0 Å². The van der Waals surface area contributed by atoms with Gasteiger partial charge in [0.2, 0.25) is 0 Å². The van der Waals surface area contributed by atoms with Gasteiger partial charge in [0, 0.05) is 20.9 Å². The molecule has 92 valence electrons. The lowest BCUT2D eigenvalue weighted by Crippen LogP contribution is -2.03. The van der Waals surface area contributed by atoms with Crippen LogP contribution in [0.3, 0.4) is 0 Å². The first-order valence-electron chi connectivity index (χ1n) is 5.28. The predicted octanol–water partition coefficient (Wildman–Crippen LogP) is 4.78. The minimum absolute atomic E-state index is 0.00334. The fourth-order valence-corrected chi connectivity index (χ4v) is 2.90. The Morgan fingerprint density at radius 3 is 2.11 bits per heavy atom. The van der Waals surface area contributed by atoms with Crippen molar-refractivity contribution in [3.8, 4) is 0 Å². The Labute approximate surface area is 121 Å². The van der Waals surface area contributed by atoms with E-state index in [2.05, 4.69) is 31.9 Å². The number of rotatable bonds is 3. The maximum atomic E-state index is 12.8. The minimum atomic E-state index is -0.295. The summed E-state index contributed by atoms with van der Waals surface area (Å²) in [6.07, 6.45) is 0.267. The van der Waals surface area contributed by atoms with Gasteiger partial charge in [0.25, 0.3) is 0 Å². The molecule has 0 saturated heterocycles. The first kappa shape index (κ1) is 13.4. The van der Waals surface area contributed by atoms with Crippen molar-refractivity contribution in [1.82, 2.24) is 0 Å². The Hall–Kier alpha value is -1.000. The molecule has 4 heteroatoms. The zero-order valence-corrected chi connectivity index (χ0v) is 12.5. The lowest BCUT2D eigenvalue weighted by molar-refractivity contribution is 0.0993. The van der Waals surface area contributed by atoms with Crippen LogP contribution in [-0.4, -0.2) is 5.78 Å². The number of benzene rings is 2. The Bertz CT molecular complexity index is 559. The number of carbonyl (C=O) groups excluding carboxylic acids is 1. The lowest BCUT2D eigenvalue weighted by Gasteiger charge is -2.03. The summed E-state index contributed by atoms with van der Waals surface area (Å²) in [5.41, 5.74) is 1.43. The quantitative estimate of drug-likeness (QED) is 0.710. The fourth-order valence-electron chi connectivity index (χ4n) is 1.60. The van der Waals surface area contributed by atoms with E-state index in [0.29, 0.717) is 5.56 Å². The van der Waals surface area contributed by atoms with Gasteiger partial charge in [-0.15, -0.1) is 0 Å². The van der Waals surface area contributed by atoms with Crippen LogP contribution in [0.25, 0.3) is 0 Å². The molecule has 0 N–H and O–H groups in total. The van der Waals surface area contributed by atoms with E-state index in [4.69, 9.17) is 0 Å². The molecule has 1 nitrogen and oxygen atoms in total. The fraction of sp³-hybridized carbons (Fsp3) is 0.0714.